The molecule has 0 fully saturated rings. The number of rotatable bonds is 9. The zero-order valence-corrected chi connectivity index (χ0v) is 17.1. The summed E-state index contributed by atoms with van der Waals surface area (Å²) in [6.07, 6.45) is 4.42. The summed E-state index contributed by atoms with van der Waals surface area (Å²) in [6.45, 7) is 8.29. The van der Waals surface area contributed by atoms with Gasteiger partial charge in [-0.1, -0.05) is 74.0 Å². The first-order chi connectivity index (χ1) is 13.3. The molecule has 3 aromatic rings. The van der Waals surface area contributed by atoms with Crippen molar-refractivity contribution in [3.8, 4) is 0 Å². The van der Waals surface area contributed by atoms with E-state index >= 15 is 0 Å². The molecule has 0 aliphatic carbocycles. The van der Waals surface area contributed by atoms with Gasteiger partial charge in [0.15, 0.2) is 7.41 Å². The Labute approximate surface area is 164 Å². The van der Waals surface area contributed by atoms with Gasteiger partial charge in [-0.25, -0.2) is 0 Å². The Kier molecular flexibility index (Phi) is 6.98. The molecule has 0 unspecified atom stereocenters. The lowest BCUT2D eigenvalue weighted by Crippen LogP contribution is -2.43. The van der Waals surface area contributed by atoms with Crippen molar-refractivity contribution in [1.82, 2.24) is 4.67 Å². The summed E-state index contributed by atoms with van der Waals surface area (Å²) >= 11 is 0. The van der Waals surface area contributed by atoms with Gasteiger partial charge in [0.2, 0.25) is 0 Å². The molecule has 138 valence electrons. The Morgan fingerprint density at radius 2 is 1.15 bits per heavy atom. The molecule has 0 spiro atoms. The molecular formula is C25H29NP+. The van der Waals surface area contributed by atoms with Crippen LogP contribution in [-0.4, -0.2) is 17.8 Å². The largest absolute Gasteiger partial charge is 0.181 e. The lowest BCUT2D eigenvalue weighted by molar-refractivity contribution is 0.485. The molecule has 0 heterocycles. The molecule has 0 atom stereocenters. The van der Waals surface area contributed by atoms with Crippen molar-refractivity contribution in [2.45, 2.75) is 19.8 Å². The molecule has 0 radical (unpaired) electrons. The molecule has 27 heavy (non-hydrogen) atoms. The molecule has 0 bridgehead atoms. The van der Waals surface area contributed by atoms with Crippen molar-refractivity contribution in [2.24, 2.45) is 0 Å². The van der Waals surface area contributed by atoms with E-state index in [0.717, 1.165) is 13.1 Å². The van der Waals surface area contributed by atoms with Crippen LogP contribution in [0.3, 0.4) is 0 Å². The van der Waals surface area contributed by atoms with Crippen LogP contribution in [0.25, 0.3) is 0 Å². The second-order valence-electron chi connectivity index (χ2n) is 6.70. The van der Waals surface area contributed by atoms with Crippen LogP contribution in [0.5, 0.6) is 0 Å². The number of unbranched alkanes of at least 4 members (excludes halogenated alkanes) is 1. The van der Waals surface area contributed by atoms with E-state index in [1.807, 2.05) is 0 Å². The Balaban J connectivity index is 2.32. The van der Waals surface area contributed by atoms with Crippen molar-refractivity contribution >= 4 is 23.3 Å². The van der Waals surface area contributed by atoms with Crippen LogP contribution in [0.2, 0.25) is 0 Å². The fraction of sp³-hybridized carbons (Fsp3) is 0.200. The highest BCUT2D eigenvalue weighted by molar-refractivity contribution is 7.93. The molecular weight excluding hydrogens is 345 g/mol. The van der Waals surface area contributed by atoms with Crippen LogP contribution in [-0.2, 0) is 0 Å². The fourth-order valence-corrected chi connectivity index (χ4v) is 8.21. The molecule has 0 saturated carbocycles. The zero-order chi connectivity index (χ0) is 19.0. The van der Waals surface area contributed by atoms with Gasteiger partial charge in [-0.15, -0.1) is 6.58 Å². The predicted octanol–water partition coefficient (Wildman–Crippen LogP) is 5.18. The van der Waals surface area contributed by atoms with Crippen molar-refractivity contribution in [3.63, 3.8) is 0 Å². The third kappa shape index (κ3) is 4.05. The molecule has 0 N–H and O–H groups in total. The summed E-state index contributed by atoms with van der Waals surface area (Å²) in [6, 6.07) is 33.1. The predicted molar refractivity (Wildman–Crippen MR) is 122 cm³/mol. The number of benzene rings is 3. The van der Waals surface area contributed by atoms with E-state index < -0.39 is 7.41 Å². The standard InChI is InChI=1S/C25H29NP/c1-3-5-22-26(21-4-2)27(23-15-9-6-10-16-23,24-17-11-7-12-18-24)25-19-13-8-14-20-25/h4,6-20H,2-3,5,21-22H2,1H3/q+1. The lowest BCUT2D eigenvalue weighted by Gasteiger charge is -2.36. The summed E-state index contributed by atoms with van der Waals surface area (Å²) < 4.78 is 2.68. The van der Waals surface area contributed by atoms with Gasteiger partial charge in [0, 0.05) is 6.54 Å². The minimum Gasteiger partial charge on any atom is -0.162 e. The highest BCUT2D eigenvalue weighted by atomic mass is 31.2. The van der Waals surface area contributed by atoms with E-state index in [0.29, 0.717) is 0 Å². The van der Waals surface area contributed by atoms with E-state index in [4.69, 9.17) is 0 Å². The monoisotopic (exact) mass is 374 g/mol. The maximum absolute atomic E-state index is 4.08. The Hall–Kier alpha value is -2.21. The van der Waals surface area contributed by atoms with Gasteiger partial charge in [0.25, 0.3) is 0 Å². The summed E-state index contributed by atoms with van der Waals surface area (Å²) in [5.74, 6) is 0. The first-order valence-electron chi connectivity index (χ1n) is 9.76. The molecule has 2 heteroatoms. The number of nitrogens with zero attached hydrogens (tertiary/aromatic N) is 1. The average Bonchev–Trinajstić information content (AvgIpc) is 2.75. The third-order valence-corrected chi connectivity index (χ3v) is 9.27. The summed E-state index contributed by atoms with van der Waals surface area (Å²) in [5, 5.41) is 4.21. The quantitative estimate of drug-likeness (QED) is 0.368. The second kappa shape index (κ2) is 9.65. The summed E-state index contributed by atoms with van der Waals surface area (Å²) in [5.41, 5.74) is 0. The number of hydrogen-bond donors (Lipinski definition) is 0. The normalized spacial score (nSPS) is 11.5. The lowest BCUT2D eigenvalue weighted by atomic mass is 10.3. The molecule has 0 amide bonds. The van der Waals surface area contributed by atoms with E-state index in [1.54, 1.807) is 0 Å². The van der Waals surface area contributed by atoms with Gasteiger partial charge in [-0.2, -0.15) is 4.67 Å². The summed E-state index contributed by atoms with van der Waals surface area (Å²) in [7, 11) is -1.95. The van der Waals surface area contributed by atoms with Crippen molar-refractivity contribution in [1.29, 1.82) is 0 Å². The Bertz CT molecular complexity index is 718. The molecule has 0 aromatic heterocycles. The topological polar surface area (TPSA) is 3.24 Å². The average molecular weight is 374 g/mol. The minimum atomic E-state index is -1.95. The molecule has 0 saturated heterocycles. The van der Waals surface area contributed by atoms with E-state index in [9.17, 15) is 0 Å². The van der Waals surface area contributed by atoms with Crippen LogP contribution in [0, 0.1) is 0 Å². The van der Waals surface area contributed by atoms with Crippen LogP contribution < -0.4 is 15.9 Å². The first-order valence-corrected chi connectivity index (χ1v) is 11.5. The maximum atomic E-state index is 4.08. The first kappa shape index (κ1) is 19.5. The Morgan fingerprint density at radius 1 is 0.741 bits per heavy atom. The van der Waals surface area contributed by atoms with Crippen molar-refractivity contribution in [3.05, 3.63) is 104 Å². The van der Waals surface area contributed by atoms with Crippen LogP contribution in [0.1, 0.15) is 19.8 Å². The Morgan fingerprint density at radius 3 is 1.48 bits per heavy atom. The van der Waals surface area contributed by atoms with Crippen LogP contribution in [0.15, 0.2) is 104 Å². The molecule has 0 aliphatic heterocycles. The van der Waals surface area contributed by atoms with Gasteiger partial charge < -0.3 is 0 Å². The summed E-state index contributed by atoms with van der Waals surface area (Å²) in [4.78, 5) is 0. The molecule has 3 rings (SSSR count). The number of hydrogen-bond acceptors (Lipinski definition) is 1. The van der Waals surface area contributed by atoms with E-state index in [-0.39, 0.29) is 0 Å². The van der Waals surface area contributed by atoms with Crippen molar-refractivity contribution < 1.29 is 0 Å². The van der Waals surface area contributed by atoms with Gasteiger partial charge in [0.05, 0.1) is 6.54 Å². The van der Waals surface area contributed by atoms with Gasteiger partial charge in [0.1, 0.15) is 15.9 Å². The van der Waals surface area contributed by atoms with Crippen LogP contribution >= 0.6 is 7.41 Å². The molecule has 0 aliphatic rings. The fourth-order valence-electron chi connectivity index (χ4n) is 3.72. The molecule has 1 nitrogen and oxygen atoms in total. The van der Waals surface area contributed by atoms with Gasteiger partial charge >= 0.3 is 0 Å². The minimum absolute atomic E-state index is 0.881. The smallest absolute Gasteiger partial charge is 0.162 e. The molecule has 3 aromatic carbocycles. The highest BCUT2D eigenvalue weighted by Gasteiger charge is 2.50. The highest BCUT2D eigenvalue weighted by Crippen LogP contribution is 2.58. The van der Waals surface area contributed by atoms with E-state index in [2.05, 4.69) is 115 Å². The van der Waals surface area contributed by atoms with Gasteiger partial charge in [-0.05, 0) is 42.8 Å². The zero-order valence-electron chi connectivity index (χ0n) is 16.2. The third-order valence-electron chi connectivity index (χ3n) is 4.92. The van der Waals surface area contributed by atoms with Crippen LogP contribution in [0.4, 0.5) is 0 Å². The SMILES string of the molecule is C=CCN(CCCC)[P+](c1ccccc1)(c1ccccc1)c1ccccc1. The van der Waals surface area contributed by atoms with Crippen molar-refractivity contribution in [2.75, 3.05) is 13.1 Å². The maximum Gasteiger partial charge on any atom is 0.181 e. The van der Waals surface area contributed by atoms with E-state index in [1.165, 1.54) is 28.8 Å². The van der Waals surface area contributed by atoms with Gasteiger partial charge in [-0.3, -0.25) is 0 Å². The second-order valence-corrected chi connectivity index (χ2v) is 10.1.